The number of fused-ring (bicyclic) bond motifs is 1. The van der Waals surface area contributed by atoms with Crippen molar-refractivity contribution in [3.63, 3.8) is 0 Å². The monoisotopic (exact) mass is 443 g/mol. The number of thioether (sulfide) groups is 1. The fourth-order valence-electron chi connectivity index (χ4n) is 4.03. The van der Waals surface area contributed by atoms with Crippen molar-refractivity contribution in [2.75, 3.05) is 37.7 Å². The van der Waals surface area contributed by atoms with Crippen molar-refractivity contribution >= 4 is 56.9 Å². The summed E-state index contributed by atoms with van der Waals surface area (Å²) in [7, 11) is 0. The van der Waals surface area contributed by atoms with Crippen molar-refractivity contribution in [2.24, 2.45) is 0 Å². The quantitative estimate of drug-likeness (QED) is 0.521. The van der Waals surface area contributed by atoms with E-state index in [1.54, 1.807) is 15.5 Å². The van der Waals surface area contributed by atoms with Gasteiger partial charge in [0.2, 0.25) is 0 Å². The topological polar surface area (TPSA) is 54.8 Å². The summed E-state index contributed by atoms with van der Waals surface area (Å²) in [4.78, 5) is 30.8. The van der Waals surface area contributed by atoms with E-state index in [4.69, 9.17) is 17.0 Å². The third-order valence-electron chi connectivity index (χ3n) is 5.42. The van der Waals surface area contributed by atoms with Gasteiger partial charge in [-0.05, 0) is 25.5 Å². The summed E-state index contributed by atoms with van der Waals surface area (Å²) in [5, 5.41) is 1.01. The molecule has 6 nitrogen and oxygen atoms in total. The van der Waals surface area contributed by atoms with E-state index >= 15 is 0 Å². The zero-order chi connectivity index (χ0) is 21.3. The second-order valence-electron chi connectivity index (χ2n) is 7.26. The van der Waals surface area contributed by atoms with Crippen LogP contribution < -0.4 is 10.5 Å². The number of thiocarbonyl (C=S) groups is 1. The van der Waals surface area contributed by atoms with Crippen LogP contribution in [0.4, 0.5) is 5.69 Å². The molecule has 0 bridgehead atoms. The van der Waals surface area contributed by atoms with Gasteiger partial charge in [0.25, 0.3) is 11.5 Å². The number of para-hydroxylation sites is 1. The lowest BCUT2D eigenvalue weighted by Gasteiger charge is -2.31. The van der Waals surface area contributed by atoms with Gasteiger partial charge in [-0.25, -0.2) is 0 Å². The number of pyridine rings is 1. The standard InChI is InChI=1S/C22H25N3O3S2/c1-3-9-25-21(27)18(30-22(25)29)14-16-19(23-10-12-28-13-11-23)15-7-5-6-8-17(15)24(4-2)20(16)26/h5-8,14H,3-4,9-13H2,1-2H3. The van der Waals surface area contributed by atoms with E-state index in [0.717, 1.165) is 23.0 Å². The van der Waals surface area contributed by atoms with E-state index in [1.165, 1.54) is 11.8 Å². The minimum absolute atomic E-state index is 0.0848. The van der Waals surface area contributed by atoms with Gasteiger partial charge in [0, 0.05) is 31.6 Å². The molecule has 0 aliphatic carbocycles. The molecule has 30 heavy (non-hydrogen) atoms. The second-order valence-corrected chi connectivity index (χ2v) is 8.94. The minimum atomic E-state index is -0.115. The molecule has 1 aromatic carbocycles. The van der Waals surface area contributed by atoms with Gasteiger partial charge in [0.1, 0.15) is 4.32 Å². The fourth-order valence-corrected chi connectivity index (χ4v) is 5.32. The fraction of sp³-hybridized carbons (Fsp3) is 0.409. The molecule has 1 aromatic heterocycles. The van der Waals surface area contributed by atoms with E-state index in [-0.39, 0.29) is 11.5 Å². The molecule has 2 saturated heterocycles. The zero-order valence-corrected chi connectivity index (χ0v) is 18.9. The molecular weight excluding hydrogens is 418 g/mol. The highest BCUT2D eigenvalue weighted by molar-refractivity contribution is 8.26. The van der Waals surface area contributed by atoms with E-state index < -0.39 is 0 Å². The van der Waals surface area contributed by atoms with Crippen LogP contribution in [0.5, 0.6) is 0 Å². The van der Waals surface area contributed by atoms with Crippen LogP contribution >= 0.6 is 24.0 Å². The number of morpholine rings is 1. The Morgan fingerprint density at radius 3 is 2.60 bits per heavy atom. The number of rotatable bonds is 5. The summed E-state index contributed by atoms with van der Waals surface area (Å²) in [6, 6.07) is 7.97. The number of aryl methyl sites for hydroxylation is 1. The molecule has 4 rings (SSSR count). The molecular formula is C22H25N3O3S2. The van der Waals surface area contributed by atoms with Gasteiger partial charge in [-0.3, -0.25) is 14.5 Å². The highest BCUT2D eigenvalue weighted by atomic mass is 32.2. The Kier molecular flexibility index (Phi) is 6.26. The number of aromatic nitrogens is 1. The number of benzene rings is 1. The summed E-state index contributed by atoms with van der Waals surface area (Å²) in [6.07, 6.45) is 2.58. The molecule has 2 aliphatic rings. The van der Waals surface area contributed by atoms with Crippen LogP contribution in [0.3, 0.4) is 0 Å². The number of carbonyl (C=O) groups is 1. The SMILES string of the molecule is CCCN1C(=O)C(=Cc2c(N3CCOCC3)c3ccccc3n(CC)c2=O)SC1=S. The van der Waals surface area contributed by atoms with Crippen LogP contribution in [0.1, 0.15) is 25.8 Å². The van der Waals surface area contributed by atoms with Crippen molar-refractivity contribution in [1.29, 1.82) is 0 Å². The van der Waals surface area contributed by atoms with Crippen molar-refractivity contribution in [3.05, 3.63) is 45.1 Å². The largest absolute Gasteiger partial charge is 0.378 e. The van der Waals surface area contributed by atoms with Crippen LogP contribution in [-0.4, -0.2) is 52.5 Å². The zero-order valence-electron chi connectivity index (χ0n) is 17.2. The van der Waals surface area contributed by atoms with Crippen LogP contribution in [0.2, 0.25) is 0 Å². The Hall–Kier alpha value is -2.16. The molecule has 0 atom stereocenters. The molecule has 2 fully saturated rings. The Labute approximate surface area is 185 Å². The van der Waals surface area contributed by atoms with Crippen LogP contribution in [0, 0.1) is 0 Å². The summed E-state index contributed by atoms with van der Waals surface area (Å²) < 4.78 is 7.86. The lowest BCUT2D eigenvalue weighted by Crippen LogP contribution is -2.38. The van der Waals surface area contributed by atoms with Crippen molar-refractivity contribution in [3.8, 4) is 0 Å². The average Bonchev–Trinajstić information content (AvgIpc) is 3.03. The van der Waals surface area contributed by atoms with Gasteiger partial charge in [-0.2, -0.15) is 0 Å². The second kappa shape index (κ2) is 8.91. The van der Waals surface area contributed by atoms with E-state index in [0.29, 0.717) is 54.2 Å². The molecule has 2 aromatic rings. The first kappa shape index (κ1) is 21.1. The van der Waals surface area contributed by atoms with Crippen LogP contribution in [0.25, 0.3) is 17.0 Å². The maximum Gasteiger partial charge on any atom is 0.266 e. The summed E-state index contributed by atoms with van der Waals surface area (Å²) in [5.41, 5.74) is 2.25. The lowest BCUT2D eigenvalue weighted by molar-refractivity contribution is -0.122. The summed E-state index contributed by atoms with van der Waals surface area (Å²) in [6.45, 7) is 7.77. The van der Waals surface area contributed by atoms with Crippen molar-refractivity contribution < 1.29 is 9.53 Å². The van der Waals surface area contributed by atoms with Gasteiger partial charge in [-0.15, -0.1) is 0 Å². The van der Waals surface area contributed by atoms with Crippen LogP contribution in [-0.2, 0) is 16.1 Å². The third-order valence-corrected chi connectivity index (χ3v) is 6.80. The van der Waals surface area contributed by atoms with E-state index in [1.807, 2.05) is 38.1 Å². The van der Waals surface area contributed by atoms with Crippen LogP contribution in [0.15, 0.2) is 34.0 Å². The number of hydrogen-bond acceptors (Lipinski definition) is 6. The average molecular weight is 444 g/mol. The highest BCUT2D eigenvalue weighted by Crippen LogP contribution is 2.36. The molecule has 0 saturated carbocycles. The summed E-state index contributed by atoms with van der Waals surface area (Å²) in [5.74, 6) is -0.115. The molecule has 8 heteroatoms. The smallest absolute Gasteiger partial charge is 0.266 e. The normalized spacial score (nSPS) is 18.8. The Morgan fingerprint density at radius 1 is 1.17 bits per heavy atom. The Bertz CT molecular complexity index is 1090. The van der Waals surface area contributed by atoms with Crippen molar-refractivity contribution in [2.45, 2.75) is 26.8 Å². The number of anilines is 1. The maximum atomic E-state index is 13.6. The van der Waals surface area contributed by atoms with Gasteiger partial charge in [-0.1, -0.05) is 49.1 Å². The number of amides is 1. The van der Waals surface area contributed by atoms with E-state index in [9.17, 15) is 9.59 Å². The first-order valence-electron chi connectivity index (χ1n) is 10.3. The Morgan fingerprint density at radius 2 is 1.90 bits per heavy atom. The first-order valence-corrected chi connectivity index (χ1v) is 11.5. The number of carbonyl (C=O) groups excluding carboxylic acids is 1. The molecule has 2 aliphatic heterocycles. The molecule has 158 valence electrons. The molecule has 3 heterocycles. The molecule has 0 N–H and O–H groups in total. The molecule has 1 amide bonds. The van der Waals surface area contributed by atoms with Gasteiger partial charge in [0.05, 0.1) is 34.9 Å². The maximum absolute atomic E-state index is 13.6. The van der Waals surface area contributed by atoms with Crippen molar-refractivity contribution in [1.82, 2.24) is 9.47 Å². The molecule has 0 spiro atoms. The molecule has 0 unspecified atom stereocenters. The number of hydrogen-bond donors (Lipinski definition) is 0. The lowest BCUT2D eigenvalue weighted by atomic mass is 10.1. The molecule has 0 radical (unpaired) electrons. The first-order chi connectivity index (χ1) is 14.6. The minimum Gasteiger partial charge on any atom is -0.378 e. The van der Waals surface area contributed by atoms with E-state index in [2.05, 4.69) is 4.90 Å². The van der Waals surface area contributed by atoms with Gasteiger partial charge < -0.3 is 14.2 Å². The predicted molar refractivity (Wildman–Crippen MR) is 127 cm³/mol. The number of ether oxygens (including phenoxy) is 1. The Balaban J connectivity index is 1.94. The highest BCUT2D eigenvalue weighted by Gasteiger charge is 2.32. The van der Waals surface area contributed by atoms with Gasteiger partial charge >= 0.3 is 0 Å². The van der Waals surface area contributed by atoms with Gasteiger partial charge in [0.15, 0.2) is 0 Å². The third kappa shape index (κ3) is 3.68. The number of nitrogens with zero attached hydrogens (tertiary/aromatic N) is 3. The predicted octanol–water partition coefficient (Wildman–Crippen LogP) is 3.47. The summed E-state index contributed by atoms with van der Waals surface area (Å²) >= 11 is 6.69.